The second-order valence-corrected chi connectivity index (χ2v) is 5.14. The molecule has 2 N–H and O–H groups in total. The molecule has 1 amide bonds. The van der Waals surface area contributed by atoms with E-state index in [0.717, 1.165) is 31.6 Å². The van der Waals surface area contributed by atoms with Crippen LogP contribution in [0.2, 0.25) is 0 Å². The standard InChI is InChI=1S/C12H23N3O.2ClH/c1-15(11-4-5-11)7-6-14-12(16)9-13-8-10-2-3-10;;/h10-11,13H,2-9H2,1H3,(H,14,16);2*1H. The van der Waals surface area contributed by atoms with Gasteiger partial charge in [0.15, 0.2) is 0 Å². The fourth-order valence-corrected chi connectivity index (χ4v) is 1.84. The molecule has 0 unspecified atom stereocenters. The van der Waals surface area contributed by atoms with Crippen LogP contribution in [-0.4, -0.2) is 50.1 Å². The average Bonchev–Trinajstić information content (AvgIpc) is 3.11. The summed E-state index contributed by atoms with van der Waals surface area (Å²) in [4.78, 5) is 13.8. The topological polar surface area (TPSA) is 44.4 Å². The lowest BCUT2D eigenvalue weighted by Gasteiger charge is -2.15. The Morgan fingerprint density at radius 2 is 1.89 bits per heavy atom. The molecule has 2 fully saturated rings. The molecule has 0 spiro atoms. The lowest BCUT2D eigenvalue weighted by Crippen LogP contribution is -2.39. The van der Waals surface area contributed by atoms with Crippen molar-refractivity contribution in [3.05, 3.63) is 0 Å². The first-order chi connectivity index (χ1) is 7.75. The second-order valence-electron chi connectivity index (χ2n) is 5.14. The molecule has 108 valence electrons. The molecule has 2 rings (SSSR count). The molecule has 0 aromatic carbocycles. The highest BCUT2D eigenvalue weighted by atomic mass is 35.5. The molecule has 0 aromatic rings. The summed E-state index contributed by atoms with van der Waals surface area (Å²) < 4.78 is 0. The van der Waals surface area contributed by atoms with E-state index in [1.807, 2.05) is 0 Å². The summed E-state index contributed by atoms with van der Waals surface area (Å²) in [5, 5.41) is 6.14. The third-order valence-corrected chi connectivity index (χ3v) is 3.37. The zero-order valence-corrected chi connectivity index (χ0v) is 12.6. The van der Waals surface area contributed by atoms with Crippen LogP contribution in [0.4, 0.5) is 0 Å². The van der Waals surface area contributed by atoms with E-state index in [-0.39, 0.29) is 30.7 Å². The number of amides is 1. The Hall–Kier alpha value is -0.0300. The van der Waals surface area contributed by atoms with Gasteiger partial charge >= 0.3 is 0 Å². The minimum atomic E-state index is 0. The summed E-state index contributed by atoms with van der Waals surface area (Å²) in [5.74, 6) is 0.971. The van der Waals surface area contributed by atoms with Gasteiger partial charge < -0.3 is 15.5 Å². The number of nitrogens with one attached hydrogen (secondary N) is 2. The van der Waals surface area contributed by atoms with Crippen LogP contribution in [0, 0.1) is 5.92 Å². The van der Waals surface area contributed by atoms with Crippen molar-refractivity contribution in [2.24, 2.45) is 5.92 Å². The first-order valence-electron chi connectivity index (χ1n) is 6.43. The number of carbonyl (C=O) groups excluding carboxylic acids is 1. The van der Waals surface area contributed by atoms with Crippen LogP contribution in [0.1, 0.15) is 25.7 Å². The summed E-state index contributed by atoms with van der Waals surface area (Å²) in [5.41, 5.74) is 0. The van der Waals surface area contributed by atoms with Gasteiger partial charge in [0.25, 0.3) is 0 Å². The van der Waals surface area contributed by atoms with Crippen molar-refractivity contribution >= 4 is 30.7 Å². The molecule has 0 radical (unpaired) electrons. The SMILES string of the molecule is CN(CCNC(=O)CNCC1CC1)C1CC1.Cl.Cl. The molecule has 18 heavy (non-hydrogen) atoms. The fourth-order valence-electron chi connectivity index (χ4n) is 1.84. The van der Waals surface area contributed by atoms with E-state index >= 15 is 0 Å². The van der Waals surface area contributed by atoms with Crippen LogP contribution in [0.25, 0.3) is 0 Å². The summed E-state index contributed by atoms with van der Waals surface area (Å²) in [6, 6.07) is 0.782. The molecule has 6 heteroatoms. The number of nitrogens with zero attached hydrogens (tertiary/aromatic N) is 1. The maximum atomic E-state index is 11.4. The summed E-state index contributed by atoms with van der Waals surface area (Å²) >= 11 is 0. The Bertz CT molecular complexity index is 245. The number of hydrogen-bond donors (Lipinski definition) is 2. The van der Waals surface area contributed by atoms with E-state index < -0.39 is 0 Å². The molecule has 0 heterocycles. The van der Waals surface area contributed by atoms with Crippen LogP contribution in [-0.2, 0) is 4.79 Å². The third kappa shape index (κ3) is 7.41. The van der Waals surface area contributed by atoms with E-state index in [1.165, 1.54) is 25.7 Å². The van der Waals surface area contributed by atoms with E-state index in [9.17, 15) is 4.79 Å². The van der Waals surface area contributed by atoms with E-state index in [1.54, 1.807) is 0 Å². The Morgan fingerprint density at radius 1 is 1.22 bits per heavy atom. The minimum Gasteiger partial charge on any atom is -0.354 e. The summed E-state index contributed by atoms with van der Waals surface area (Å²) in [6.45, 7) is 3.23. The highest BCUT2D eigenvalue weighted by molar-refractivity contribution is 5.85. The number of likely N-dealkylation sites (N-methyl/N-ethyl adjacent to an activating group) is 1. The van der Waals surface area contributed by atoms with Crippen molar-refractivity contribution in [3.63, 3.8) is 0 Å². The van der Waals surface area contributed by atoms with E-state index in [0.29, 0.717) is 6.54 Å². The number of halogens is 2. The first-order valence-corrected chi connectivity index (χ1v) is 6.43. The molecule has 4 nitrogen and oxygen atoms in total. The van der Waals surface area contributed by atoms with Crippen LogP contribution >= 0.6 is 24.8 Å². The zero-order chi connectivity index (χ0) is 11.4. The van der Waals surface area contributed by atoms with Gasteiger partial charge in [-0.1, -0.05) is 0 Å². The quantitative estimate of drug-likeness (QED) is 0.704. The number of carbonyl (C=O) groups is 1. The van der Waals surface area contributed by atoms with Gasteiger partial charge in [-0.15, -0.1) is 24.8 Å². The minimum absolute atomic E-state index is 0. The van der Waals surface area contributed by atoms with E-state index in [4.69, 9.17) is 0 Å². The van der Waals surface area contributed by atoms with Crippen molar-refractivity contribution in [1.82, 2.24) is 15.5 Å². The Morgan fingerprint density at radius 3 is 2.44 bits per heavy atom. The van der Waals surface area contributed by atoms with Crippen LogP contribution in [0.5, 0.6) is 0 Å². The van der Waals surface area contributed by atoms with Crippen molar-refractivity contribution < 1.29 is 4.79 Å². The molecule has 2 aliphatic rings. The Balaban J connectivity index is 0.00000144. The van der Waals surface area contributed by atoms with Gasteiger partial charge in [-0.25, -0.2) is 0 Å². The fraction of sp³-hybridized carbons (Fsp3) is 0.917. The molecule has 0 aromatic heterocycles. The molecule has 0 bridgehead atoms. The van der Waals surface area contributed by atoms with Crippen LogP contribution in [0.3, 0.4) is 0 Å². The van der Waals surface area contributed by atoms with Crippen LogP contribution in [0.15, 0.2) is 0 Å². The second kappa shape index (κ2) is 8.97. The zero-order valence-electron chi connectivity index (χ0n) is 11.0. The molecule has 0 aliphatic heterocycles. The molecule has 2 saturated carbocycles. The maximum Gasteiger partial charge on any atom is 0.234 e. The van der Waals surface area contributed by atoms with Crippen molar-refractivity contribution in [2.75, 3.05) is 33.2 Å². The normalized spacial score (nSPS) is 17.9. The molecular formula is C12H25Cl2N3O. The third-order valence-electron chi connectivity index (χ3n) is 3.37. The monoisotopic (exact) mass is 297 g/mol. The summed E-state index contributed by atoms with van der Waals surface area (Å²) in [6.07, 6.45) is 5.32. The van der Waals surface area contributed by atoms with Crippen molar-refractivity contribution in [1.29, 1.82) is 0 Å². The van der Waals surface area contributed by atoms with Gasteiger partial charge in [0, 0.05) is 19.1 Å². The highest BCUT2D eigenvalue weighted by Crippen LogP contribution is 2.27. The average molecular weight is 298 g/mol. The summed E-state index contributed by atoms with van der Waals surface area (Å²) in [7, 11) is 2.13. The van der Waals surface area contributed by atoms with Gasteiger partial charge in [0.05, 0.1) is 6.54 Å². The molecule has 0 saturated heterocycles. The van der Waals surface area contributed by atoms with Gasteiger partial charge in [-0.3, -0.25) is 4.79 Å². The lowest BCUT2D eigenvalue weighted by molar-refractivity contribution is -0.120. The molecular weight excluding hydrogens is 273 g/mol. The van der Waals surface area contributed by atoms with Crippen LogP contribution < -0.4 is 10.6 Å². The van der Waals surface area contributed by atoms with E-state index in [2.05, 4.69) is 22.6 Å². The van der Waals surface area contributed by atoms with Gasteiger partial charge in [-0.2, -0.15) is 0 Å². The lowest BCUT2D eigenvalue weighted by atomic mass is 10.4. The highest BCUT2D eigenvalue weighted by Gasteiger charge is 2.25. The predicted octanol–water partition coefficient (Wildman–Crippen LogP) is 1.04. The van der Waals surface area contributed by atoms with Gasteiger partial charge in [-0.05, 0) is 45.2 Å². The molecule has 2 aliphatic carbocycles. The van der Waals surface area contributed by atoms with Gasteiger partial charge in [0.2, 0.25) is 5.91 Å². The van der Waals surface area contributed by atoms with Crippen molar-refractivity contribution in [2.45, 2.75) is 31.7 Å². The Labute approximate surface area is 122 Å². The first kappa shape index (κ1) is 18.0. The molecule has 0 atom stereocenters. The van der Waals surface area contributed by atoms with Gasteiger partial charge in [0.1, 0.15) is 0 Å². The van der Waals surface area contributed by atoms with Crippen molar-refractivity contribution in [3.8, 4) is 0 Å². The predicted molar refractivity (Wildman–Crippen MR) is 78.8 cm³/mol. The smallest absolute Gasteiger partial charge is 0.234 e. The maximum absolute atomic E-state index is 11.4. The largest absolute Gasteiger partial charge is 0.354 e. The Kier molecular flexibility index (Phi) is 8.95. The number of rotatable bonds is 8. The number of hydrogen-bond acceptors (Lipinski definition) is 3.